The van der Waals surface area contributed by atoms with E-state index in [0.29, 0.717) is 6.42 Å². The average molecular weight is 756 g/mol. The van der Waals surface area contributed by atoms with E-state index in [9.17, 15) is 30.3 Å². The van der Waals surface area contributed by atoms with Crippen molar-refractivity contribution in [2.24, 2.45) is 0 Å². The first-order valence-electron chi connectivity index (χ1n) is 22.4. The lowest BCUT2D eigenvalue weighted by Gasteiger charge is -2.40. The summed E-state index contributed by atoms with van der Waals surface area (Å²) >= 11 is 0. The van der Waals surface area contributed by atoms with Crippen LogP contribution in [0.3, 0.4) is 0 Å². The van der Waals surface area contributed by atoms with Crippen LogP contribution in [0.25, 0.3) is 0 Å². The fraction of sp³-hybridized carbons (Fsp3) is 0.932. The zero-order chi connectivity index (χ0) is 38.8. The first-order chi connectivity index (χ1) is 25.8. The Hall–Kier alpha value is -1.07. The fourth-order valence-electron chi connectivity index (χ4n) is 7.21. The maximum atomic E-state index is 12.9. The summed E-state index contributed by atoms with van der Waals surface area (Å²) in [5.74, 6) is -0.175. The molecule has 0 aliphatic carbocycles. The van der Waals surface area contributed by atoms with E-state index in [1.807, 2.05) is 6.08 Å². The van der Waals surface area contributed by atoms with Gasteiger partial charge in [-0.15, -0.1) is 0 Å². The van der Waals surface area contributed by atoms with Gasteiger partial charge in [-0.1, -0.05) is 193 Å². The summed E-state index contributed by atoms with van der Waals surface area (Å²) in [5.41, 5.74) is 0. The molecular weight excluding hydrogens is 670 g/mol. The van der Waals surface area contributed by atoms with Gasteiger partial charge in [0, 0.05) is 6.42 Å². The SMILES string of the molecule is CCCCCCCCCCCCCC/C=C/[C@@H](O)[C@H](CO[C@@H]1O[C@H](CO)[C@H](O)C(O)C1O)NC(=O)CCCCCCCCCCCCCCCCCC. The smallest absolute Gasteiger partial charge is 0.220 e. The minimum Gasteiger partial charge on any atom is -0.394 e. The van der Waals surface area contributed by atoms with E-state index in [2.05, 4.69) is 19.2 Å². The second-order valence-corrected chi connectivity index (χ2v) is 15.9. The van der Waals surface area contributed by atoms with E-state index in [1.54, 1.807) is 6.08 Å². The molecule has 1 heterocycles. The second-order valence-electron chi connectivity index (χ2n) is 15.9. The monoisotopic (exact) mass is 756 g/mol. The molecule has 53 heavy (non-hydrogen) atoms. The Balaban J connectivity index is 2.37. The number of hydrogen-bond acceptors (Lipinski definition) is 8. The Kier molecular flexibility index (Phi) is 33.3. The summed E-state index contributed by atoms with van der Waals surface area (Å²) in [6, 6.07) is -0.797. The number of unbranched alkanes of at least 4 members (excludes halogenated alkanes) is 27. The number of aliphatic hydroxyl groups excluding tert-OH is 5. The summed E-state index contributed by atoms with van der Waals surface area (Å²) in [4.78, 5) is 12.9. The lowest BCUT2D eigenvalue weighted by Crippen LogP contribution is -2.60. The van der Waals surface area contributed by atoms with Crippen molar-refractivity contribution in [2.45, 2.75) is 249 Å². The van der Waals surface area contributed by atoms with E-state index >= 15 is 0 Å². The van der Waals surface area contributed by atoms with Gasteiger partial charge in [0.15, 0.2) is 6.29 Å². The molecule has 1 saturated heterocycles. The van der Waals surface area contributed by atoms with Crippen LogP contribution in [0.15, 0.2) is 12.2 Å². The van der Waals surface area contributed by atoms with Crippen LogP contribution in [-0.2, 0) is 14.3 Å². The molecular formula is C44H85NO8. The van der Waals surface area contributed by atoms with Gasteiger partial charge >= 0.3 is 0 Å². The highest BCUT2D eigenvalue weighted by Crippen LogP contribution is 2.23. The van der Waals surface area contributed by atoms with E-state index in [1.165, 1.54) is 148 Å². The zero-order valence-corrected chi connectivity index (χ0v) is 34.3. The molecule has 1 fully saturated rings. The quantitative estimate of drug-likeness (QED) is 0.0272. The minimum absolute atomic E-state index is 0.175. The third-order valence-corrected chi connectivity index (χ3v) is 10.9. The molecule has 0 aromatic heterocycles. The molecule has 0 saturated carbocycles. The Labute approximate surface area is 325 Å². The molecule has 2 unspecified atom stereocenters. The number of nitrogens with one attached hydrogen (secondary N) is 1. The zero-order valence-electron chi connectivity index (χ0n) is 34.3. The minimum atomic E-state index is -1.56. The number of carbonyl (C=O) groups is 1. The predicted octanol–water partition coefficient (Wildman–Crippen LogP) is 8.95. The van der Waals surface area contributed by atoms with Gasteiger partial charge in [-0.2, -0.15) is 0 Å². The molecule has 0 spiro atoms. The number of aliphatic hydroxyl groups is 5. The summed E-state index contributed by atoms with van der Waals surface area (Å²) in [6.07, 6.45) is 32.5. The molecule has 314 valence electrons. The molecule has 1 aliphatic rings. The maximum Gasteiger partial charge on any atom is 0.220 e. The van der Waals surface area contributed by atoms with Crippen LogP contribution in [0.5, 0.6) is 0 Å². The molecule has 0 radical (unpaired) electrons. The average Bonchev–Trinajstić information content (AvgIpc) is 3.16. The number of carbonyl (C=O) groups excluding carboxylic acids is 1. The van der Waals surface area contributed by atoms with Crippen molar-refractivity contribution in [3.63, 3.8) is 0 Å². The Morgan fingerprint density at radius 2 is 1.04 bits per heavy atom. The van der Waals surface area contributed by atoms with Crippen LogP contribution in [-0.4, -0.2) is 87.5 Å². The van der Waals surface area contributed by atoms with Gasteiger partial charge < -0.3 is 40.3 Å². The molecule has 6 N–H and O–H groups in total. The first-order valence-corrected chi connectivity index (χ1v) is 22.4. The van der Waals surface area contributed by atoms with Crippen LogP contribution in [0.4, 0.5) is 0 Å². The molecule has 0 aromatic carbocycles. The van der Waals surface area contributed by atoms with E-state index in [-0.39, 0.29) is 12.5 Å². The number of rotatable bonds is 37. The van der Waals surface area contributed by atoms with Gasteiger partial charge in [0.2, 0.25) is 5.91 Å². The number of hydrogen-bond donors (Lipinski definition) is 6. The normalized spacial score (nSPS) is 21.7. The standard InChI is InChI=1S/C44H85NO8/c1-3-5-7-9-11-13-15-17-19-20-22-24-26-28-30-32-34-40(48)45-37(36-52-44-43(51)42(50)41(49)39(35-46)53-44)38(47)33-31-29-27-25-23-21-18-16-14-12-10-8-6-4-2/h31,33,37-39,41-44,46-47,49-51H,3-30,32,34-36H2,1-2H3,(H,45,48)/b33-31+/t37-,38+,39+,41-,42?,43?,44+/m0/s1. The highest BCUT2D eigenvalue weighted by molar-refractivity contribution is 5.76. The van der Waals surface area contributed by atoms with Crippen molar-refractivity contribution in [1.29, 1.82) is 0 Å². The van der Waals surface area contributed by atoms with Crippen molar-refractivity contribution in [3.8, 4) is 0 Å². The molecule has 1 amide bonds. The Morgan fingerprint density at radius 3 is 1.47 bits per heavy atom. The Morgan fingerprint density at radius 1 is 0.623 bits per heavy atom. The molecule has 0 bridgehead atoms. The number of amides is 1. The van der Waals surface area contributed by atoms with Crippen LogP contribution >= 0.6 is 0 Å². The molecule has 9 heteroatoms. The predicted molar refractivity (Wildman–Crippen MR) is 217 cm³/mol. The topological polar surface area (TPSA) is 149 Å². The largest absolute Gasteiger partial charge is 0.394 e. The summed E-state index contributed by atoms with van der Waals surface area (Å²) < 4.78 is 11.2. The van der Waals surface area contributed by atoms with E-state index in [4.69, 9.17) is 9.47 Å². The van der Waals surface area contributed by atoms with Crippen molar-refractivity contribution in [3.05, 3.63) is 12.2 Å². The third kappa shape index (κ3) is 26.4. The van der Waals surface area contributed by atoms with Crippen LogP contribution < -0.4 is 5.32 Å². The van der Waals surface area contributed by atoms with Crippen LogP contribution in [0, 0.1) is 0 Å². The summed E-state index contributed by atoms with van der Waals surface area (Å²) in [7, 11) is 0. The van der Waals surface area contributed by atoms with Gasteiger partial charge in [0.05, 0.1) is 25.4 Å². The second kappa shape index (κ2) is 35.4. The maximum absolute atomic E-state index is 12.9. The number of ether oxygens (including phenoxy) is 2. The van der Waals surface area contributed by atoms with Gasteiger partial charge in [-0.25, -0.2) is 0 Å². The lowest BCUT2D eigenvalue weighted by atomic mass is 9.99. The van der Waals surface area contributed by atoms with Crippen molar-refractivity contribution >= 4 is 5.91 Å². The fourth-order valence-corrected chi connectivity index (χ4v) is 7.21. The highest BCUT2D eigenvalue weighted by Gasteiger charge is 2.44. The van der Waals surface area contributed by atoms with Crippen molar-refractivity contribution < 1.29 is 39.8 Å². The van der Waals surface area contributed by atoms with Gasteiger partial charge in [-0.3, -0.25) is 4.79 Å². The molecule has 9 nitrogen and oxygen atoms in total. The molecule has 1 rings (SSSR count). The third-order valence-electron chi connectivity index (χ3n) is 10.9. The van der Waals surface area contributed by atoms with Gasteiger partial charge in [0.25, 0.3) is 0 Å². The van der Waals surface area contributed by atoms with E-state index in [0.717, 1.165) is 38.5 Å². The van der Waals surface area contributed by atoms with Gasteiger partial charge in [0.1, 0.15) is 24.4 Å². The lowest BCUT2D eigenvalue weighted by molar-refractivity contribution is -0.302. The highest BCUT2D eigenvalue weighted by atomic mass is 16.7. The molecule has 1 aliphatic heterocycles. The van der Waals surface area contributed by atoms with Crippen LogP contribution in [0.2, 0.25) is 0 Å². The van der Waals surface area contributed by atoms with Crippen molar-refractivity contribution in [2.75, 3.05) is 13.2 Å². The van der Waals surface area contributed by atoms with Gasteiger partial charge in [-0.05, 0) is 19.3 Å². The summed E-state index contributed by atoms with van der Waals surface area (Å²) in [6.45, 7) is 3.78. The van der Waals surface area contributed by atoms with Crippen LogP contribution in [0.1, 0.15) is 206 Å². The first kappa shape index (κ1) is 49.9. The van der Waals surface area contributed by atoms with E-state index < -0.39 is 49.5 Å². The summed E-state index contributed by atoms with van der Waals surface area (Å²) in [5, 5.41) is 54.1. The van der Waals surface area contributed by atoms with Crippen molar-refractivity contribution in [1.82, 2.24) is 5.32 Å². The molecule has 7 atom stereocenters. The molecule has 0 aromatic rings. The number of allylic oxidation sites excluding steroid dienone is 1. The Bertz CT molecular complexity index is 842.